The van der Waals surface area contributed by atoms with Gasteiger partial charge in [0.1, 0.15) is 5.82 Å². The van der Waals surface area contributed by atoms with E-state index in [1.807, 2.05) is 36.4 Å². The first-order valence-corrected chi connectivity index (χ1v) is 15.8. The minimum Gasteiger partial charge on any atom is -0.392 e. The summed E-state index contributed by atoms with van der Waals surface area (Å²) in [5.74, 6) is 1.31. The molecule has 9 nitrogen and oxygen atoms in total. The fourth-order valence-corrected chi connectivity index (χ4v) is 7.15. The molecule has 2 aliphatic carbocycles. The third kappa shape index (κ3) is 5.57. The zero-order valence-electron chi connectivity index (χ0n) is 24.0. The largest absolute Gasteiger partial charge is 0.392 e. The predicted molar refractivity (Wildman–Crippen MR) is 168 cm³/mol. The van der Waals surface area contributed by atoms with Crippen LogP contribution in [0.25, 0.3) is 5.65 Å². The number of imidazole rings is 1. The fourth-order valence-electron chi connectivity index (χ4n) is 6.96. The summed E-state index contributed by atoms with van der Waals surface area (Å²) >= 11 is 6.14. The van der Waals surface area contributed by atoms with Crippen LogP contribution in [0.15, 0.2) is 61.1 Å². The maximum absolute atomic E-state index is 12.9. The van der Waals surface area contributed by atoms with E-state index in [4.69, 9.17) is 16.6 Å². The highest BCUT2D eigenvalue weighted by atomic mass is 35.5. The van der Waals surface area contributed by atoms with E-state index >= 15 is 0 Å². The van der Waals surface area contributed by atoms with Gasteiger partial charge in [-0.25, -0.2) is 9.97 Å². The Kier molecular flexibility index (Phi) is 6.77. The summed E-state index contributed by atoms with van der Waals surface area (Å²) in [6, 6.07) is 14.3. The number of benzene rings is 1. The van der Waals surface area contributed by atoms with Gasteiger partial charge < -0.3 is 25.0 Å². The Balaban J connectivity index is 0.954. The van der Waals surface area contributed by atoms with Gasteiger partial charge in [-0.3, -0.25) is 9.69 Å². The number of aliphatic hydroxyl groups is 1. The molecule has 2 saturated heterocycles. The summed E-state index contributed by atoms with van der Waals surface area (Å²) in [5.41, 5.74) is 6.50. The number of aliphatic hydroxyl groups excluding tert-OH is 1. The number of nitrogens with zero attached hydrogens (tertiary/aromatic N) is 5. The number of halogens is 1. The summed E-state index contributed by atoms with van der Waals surface area (Å²) in [6.07, 6.45) is 10.0. The number of rotatable bonds is 8. The van der Waals surface area contributed by atoms with Crippen molar-refractivity contribution < 1.29 is 9.90 Å². The van der Waals surface area contributed by atoms with E-state index in [1.54, 1.807) is 6.20 Å². The van der Waals surface area contributed by atoms with Crippen LogP contribution >= 0.6 is 11.6 Å². The van der Waals surface area contributed by atoms with Crippen molar-refractivity contribution >= 4 is 40.3 Å². The number of nitrogens with one attached hydrogen (secondary N) is 2. The fraction of sp³-hybridized carbons (Fsp3) is 0.424. The zero-order valence-corrected chi connectivity index (χ0v) is 24.7. The molecule has 4 aliphatic rings. The van der Waals surface area contributed by atoms with Gasteiger partial charge in [-0.1, -0.05) is 23.7 Å². The van der Waals surface area contributed by atoms with Crippen molar-refractivity contribution in [2.45, 2.75) is 56.2 Å². The van der Waals surface area contributed by atoms with E-state index in [1.165, 1.54) is 24.1 Å². The molecule has 43 heavy (non-hydrogen) atoms. The van der Waals surface area contributed by atoms with Crippen LogP contribution in [0.1, 0.15) is 54.3 Å². The molecule has 8 rings (SSSR count). The Hall–Kier alpha value is -3.66. The van der Waals surface area contributed by atoms with Gasteiger partial charge in [0.2, 0.25) is 5.91 Å². The maximum atomic E-state index is 12.9. The molecule has 0 radical (unpaired) electrons. The van der Waals surface area contributed by atoms with Crippen molar-refractivity contribution in [3.8, 4) is 0 Å². The second-order valence-electron chi connectivity index (χ2n) is 12.7. The number of piperazine rings is 1. The van der Waals surface area contributed by atoms with Gasteiger partial charge in [0.05, 0.1) is 24.0 Å². The van der Waals surface area contributed by atoms with Crippen molar-refractivity contribution in [3.05, 3.63) is 82.9 Å². The number of anilines is 3. The van der Waals surface area contributed by atoms with Gasteiger partial charge >= 0.3 is 0 Å². The second kappa shape index (κ2) is 10.8. The van der Waals surface area contributed by atoms with Gasteiger partial charge in [-0.2, -0.15) is 0 Å². The van der Waals surface area contributed by atoms with Crippen molar-refractivity contribution in [1.29, 1.82) is 0 Å². The average Bonchev–Trinajstić information content (AvgIpc) is 3.92. The van der Waals surface area contributed by atoms with Gasteiger partial charge in [-0.05, 0) is 72.9 Å². The molecular formula is C33H36ClN7O2. The van der Waals surface area contributed by atoms with Crippen LogP contribution in [0.3, 0.4) is 0 Å². The first kappa shape index (κ1) is 26.9. The normalized spacial score (nSPS) is 25.1. The lowest BCUT2D eigenvalue weighted by molar-refractivity contribution is -0.117. The molecule has 2 aliphatic heterocycles. The SMILES string of the molecule is O=C(Nc1cc(NCc2cn3cc(C4CC4)cc(N4CCN5CC(O)CC5C4)c3n2)ccn1)[C@H]1C[C@@H]1c1cccc(Cl)c1. The van der Waals surface area contributed by atoms with Crippen molar-refractivity contribution in [2.75, 3.05) is 41.7 Å². The molecule has 0 spiro atoms. The number of carbonyl (C=O) groups excluding carboxylic acids is 1. The van der Waals surface area contributed by atoms with Crippen LogP contribution in [-0.2, 0) is 11.3 Å². The quantitative estimate of drug-likeness (QED) is 0.267. The first-order valence-electron chi connectivity index (χ1n) is 15.4. The lowest BCUT2D eigenvalue weighted by Crippen LogP contribution is -2.50. The molecule has 1 amide bonds. The van der Waals surface area contributed by atoms with E-state index in [-0.39, 0.29) is 23.8 Å². The van der Waals surface area contributed by atoms with Crippen LogP contribution in [0.2, 0.25) is 5.02 Å². The summed E-state index contributed by atoms with van der Waals surface area (Å²) in [7, 11) is 0. The molecule has 3 aromatic heterocycles. The highest BCUT2D eigenvalue weighted by Crippen LogP contribution is 2.48. The van der Waals surface area contributed by atoms with Crippen LogP contribution in [0.5, 0.6) is 0 Å². The molecule has 10 heteroatoms. The molecule has 222 valence electrons. The van der Waals surface area contributed by atoms with E-state index < -0.39 is 0 Å². The van der Waals surface area contributed by atoms with Gasteiger partial charge in [0.25, 0.3) is 0 Å². The number of carbonyl (C=O) groups is 1. The summed E-state index contributed by atoms with van der Waals surface area (Å²) in [6.45, 7) is 4.19. The number of hydrogen-bond donors (Lipinski definition) is 3. The first-order chi connectivity index (χ1) is 21.0. The molecule has 3 N–H and O–H groups in total. The molecular weight excluding hydrogens is 562 g/mol. The van der Waals surface area contributed by atoms with E-state index in [0.717, 1.165) is 61.6 Å². The average molecular weight is 598 g/mol. The Bertz CT molecular complexity index is 1690. The van der Waals surface area contributed by atoms with Crippen molar-refractivity contribution in [1.82, 2.24) is 19.3 Å². The predicted octanol–water partition coefficient (Wildman–Crippen LogP) is 4.87. The topological polar surface area (TPSA) is 98.0 Å². The Morgan fingerprint density at radius 1 is 1.05 bits per heavy atom. The maximum Gasteiger partial charge on any atom is 0.229 e. The number of hydrogen-bond acceptors (Lipinski definition) is 7. The Morgan fingerprint density at radius 2 is 1.95 bits per heavy atom. The monoisotopic (exact) mass is 597 g/mol. The number of pyridine rings is 2. The third-order valence-corrected chi connectivity index (χ3v) is 9.71. The minimum atomic E-state index is -0.214. The van der Waals surface area contributed by atoms with E-state index in [0.29, 0.717) is 29.3 Å². The number of amides is 1. The van der Waals surface area contributed by atoms with Crippen LogP contribution in [0, 0.1) is 5.92 Å². The Labute approximate surface area is 255 Å². The minimum absolute atomic E-state index is 0.0121. The van der Waals surface area contributed by atoms with E-state index in [9.17, 15) is 9.90 Å². The van der Waals surface area contributed by atoms with Crippen LogP contribution < -0.4 is 15.5 Å². The Morgan fingerprint density at radius 3 is 2.81 bits per heavy atom. The highest BCUT2D eigenvalue weighted by Gasteiger charge is 2.44. The van der Waals surface area contributed by atoms with Crippen molar-refractivity contribution in [3.63, 3.8) is 0 Å². The molecule has 5 heterocycles. The van der Waals surface area contributed by atoms with E-state index in [2.05, 4.69) is 48.3 Å². The lowest BCUT2D eigenvalue weighted by Gasteiger charge is -2.38. The molecule has 0 bridgehead atoms. The van der Waals surface area contributed by atoms with Crippen LogP contribution in [-0.4, -0.2) is 68.6 Å². The van der Waals surface area contributed by atoms with Crippen LogP contribution in [0.4, 0.5) is 17.2 Å². The highest BCUT2D eigenvalue weighted by molar-refractivity contribution is 6.30. The van der Waals surface area contributed by atoms with Gasteiger partial charge in [0.15, 0.2) is 5.65 Å². The molecule has 4 fully saturated rings. The summed E-state index contributed by atoms with van der Waals surface area (Å²) in [4.78, 5) is 27.3. The molecule has 2 saturated carbocycles. The summed E-state index contributed by atoms with van der Waals surface area (Å²) in [5, 5.41) is 17.4. The molecule has 2 unspecified atom stereocenters. The zero-order chi connectivity index (χ0) is 29.1. The smallest absolute Gasteiger partial charge is 0.229 e. The molecule has 4 aromatic rings. The summed E-state index contributed by atoms with van der Waals surface area (Å²) < 4.78 is 2.19. The molecule has 1 aromatic carbocycles. The van der Waals surface area contributed by atoms with Crippen molar-refractivity contribution in [2.24, 2.45) is 5.92 Å². The standard InChI is InChI=1S/C33H36ClN7O2/c34-23-3-1-2-21(10-23)28-14-29(28)33(43)38-31-12-24(6-7-35-31)36-15-25-17-41-16-22(20-4-5-20)11-30(32(41)37-25)40-9-8-39-19-27(42)13-26(39)18-40/h1-3,6-7,10-12,16-17,20,26-29,42H,4-5,8-9,13-15,18-19H2,(H2,35,36,38,43)/t26?,27?,28-,29+/m1/s1. The number of aromatic nitrogens is 3. The van der Waals surface area contributed by atoms with Gasteiger partial charge in [-0.15, -0.1) is 0 Å². The van der Waals surface area contributed by atoms with Gasteiger partial charge in [0, 0.05) is 73.5 Å². The second-order valence-corrected chi connectivity index (χ2v) is 13.1. The number of fused-ring (bicyclic) bond motifs is 2. The lowest BCUT2D eigenvalue weighted by atomic mass is 10.1. The molecule has 4 atom stereocenters. The third-order valence-electron chi connectivity index (χ3n) is 9.48.